The van der Waals surface area contributed by atoms with Crippen molar-refractivity contribution >= 4 is 11.6 Å². The van der Waals surface area contributed by atoms with Crippen LogP contribution in [0.5, 0.6) is 0 Å². The summed E-state index contributed by atoms with van der Waals surface area (Å²) in [5.74, 6) is -0.353. The molecule has 1 aromatic carbocycles. The molecule has 1 aliphatic rings. The number of rotatable bonds is 6. The molecule has 0 bridgehead atoms. The molecule has 1 aromatic rings. The second-order valence-electron chi connectivity index (χ2n) is 4.71. The van der Waals surface area contributed by atoms with Crippen molar-refractivity contribution < 1.29 is 4.39 Å². The van der Waals surface area contributed by atoms with Gasteiger partial charge < -0.3 is 10.2 Å². The first-order valence-electron chi connectivity index (χ1n) is 6.01. The van der Waals surface area contributed by atoms with Gasteiger partial charge >= 0.3 is 0 Å². The van der Waals surface area contributed by atoms with Crippen LogP contribution in [-0.4, -0.2) is 31.1 Å². The Balaban J connectivity index is 1.75. The molecule has 2 nitrogen and oxygen atoms in total. The fraction of sp³-hybridized carbons (Fsp3) is 0.538. The van der Waals surface area contributed by atoms with Crippen LogP contribution >= 0.6 is 11.6 Å². The highest BCUT2D eigenvalue weighted by molar-refractivity contribution is 6.30. The fourth-order valence-electron chi connectivity index (χ4n) is 1.78. The van der Waals surface area contributed by atoms with E-state index < -0.39 is 0 Å². The van der Waals surface area contributed by atoms with Crippen LogP contribution in [0.25, 0.3) is 0 Å². The Morgan fingerprint density at radius 1 is 1.47 bits per heavy atom. The number of nitrogens with one attached hydrogen (secondary N) is 1. The van der Waals surface area contributed by atoms with Gasteiger partial charge in [-0.05, 0) is 37.6 Å². The average Bonchev–Trinajstić information content (AvgIpc) is 3.07. The molecule has 1 fully saturated rings. The highest BCUT2D eigenvalue weighted by atomic mass is 35.5. The maximum atomic E-state index is 13.0. The molecule has 17 heavy (non-hydrogen) atoms. The first-order valence-corrected chi connectivity index (χ1v) is 6.39. The highest BCUT2D eigenvalue weighted by Crippen LogP contribution is 2.18. The third kappa shape index (κ3) is 4.26. The lowest BCUT2D eigenvalue weighted by molar-refractivity contribution is 0.324. The molecule has 0 heterocycles. The minimum Gasteiger partial charge on any atom is -0.313 e. The van der Waals surface area contributed by atoms with Crippen LogP contribution in [0.15, 0.2) is 18.2 Å². The summed E-state index contributed by atoms with van der Waals surface area (Å²) in [7, 11) is 2.06. The van der Waals surface area contributed by atoms with Gasteiger partial charge in [0.25, 0.3) is 0 Å². The molecule has 0 aliphatic heterocycles. The van der Waals surface area contributed by atoms with E-state index >= 15 is 0 Å². The molecule has 0 radical (unpaired) electrons. The molecule has 2 rings (SSSR count). The summed E-state index contributed by atoms with van der Waals surface area (Å²) in [5, 5.41) is 3.67. The van der Waals surface area contributed by atoms with E-state index in [9.17, 15) is 4.39 Å². The topological polar surface area (TPSA) is 15.3 Å². The molecule has 0 unspecified atom stereocenters. The van der Waals surface area contributed by atoms with Crippen LogP contribution in [0, 0.1) is 5.82 Å². The van der Waals surface area contributed by atoms with Crippen LogP contribution in [0.1, 0.15) is 18.4 Å². The lowest BCUT2D eigenvalue weighted by Gasteiger charge is -2.17. The van der Waals surface area contributed by atoms with Gasteiger partial charge in [-0.15, -0.1) is 0 Å². The molecule has 1 N–H and O–H groups in total. The zero-order chi connectivity index (χ0) is 12.3. The van der Waals surface area contributed by atoms with E-state index in [0.29, 0.717) is 0 Å². The first kappa shape index (κ1) is 12.8. The molecule has 0 saturated heterocycles. The summed E-state index contributed by atoms with van der Waals surface area (Å²) < 4.78 is 13.0. The Bertz CT molecular complexity index is 380. The molecule has 0 spiro atoms. The van der Waals surface area contributed by atoms with Crippen molar-refractivity contribution in [3.05, 3.63) is 34.6 Å². The van der Waals surface area contributed by atoms with E-state index in [1.54, 1.807) is 12.1 Å². The summed E-state index contributed by atoms with van der Waals surface area (Å²) in [6.45, 7) is 2.80. The van der Waals surface area contributed by atoms with Gasteiger partial charge in [-0.2, -0.15) is 0 Å². The number of nitrogens with zero attached hydrogens (tertiary/aromatic N) is 1. The number of hydrogen-bond donors (Lipinski definition) is 1. The maximum Gasteiger partial charge on any atom is 0.141 e. The second-order valence-corrected chi connectivity index (χ2v) is 5.12. The highest BCUT2D eigenvalue weighted by Gasteiger charge is 2.19. The Labute approximate surface area is 107 Å². The van der Waals surface area contributed by atoms with Crippen molar-refractivity contribution in [3.8, 4) is 0 Å². The van der Waals surface area contributed by atoms with Crippen LogP contribution < -0.4 is 5.32 Å². The summed E-state index contributed by atoms with van der Waals surface area (Å²) in [4.78, 5) is 2.21. The number of likely N-dealkylation sites (N-methyl/N-ethyl adjacent to an activating group) is 1. The van der Waals surface area contributed by atoms with Crippen LogP contribution in [0.2, 0.25) is 5.02 Å². The van der Waals surface area contributed by atoms with E-state index in [-0.39, 0.29) is 10.8 Å². The van der Waals surface area contributed by atoms with E-state index in [0.717, 1.165) is 31.2 Å². The van der Waals surface area contributed by atoms with Crippen LogP contribution in [0.3, 0.4) is 0 Å². The number of halogens is 2. The van der Waals surface area contributed by atoms with E-state index in [1.807, 2.05) is 0 Å². The third-order valence-corrected chi connectivity index (χ3v) is 3.23. The van der Waals surface area contributed by atoms with Gasteiger partial charge in [0.15, 0.2) is 0 Å². The average molecular weight is 257 g/mol. The fourth-order valence-corrected chi connectivity index (χ4v) is 1.98. The lowest BCUT2D eigenvalue weighted by Crippen LogP contribution is -2.30. The minimum absolute atomic E-state index is 0.201. The van der Waals surface area contributed by atoms with Crippen molar-refractivity contribution in [1.29, 1.82) is 0 Å². The molecule has 0 aromatic heterocycles. The summed E-state index contributed by atoms with van der Waals surface area (Å²) in [5.41, 5.74) is 1.05. The Hall–Kier alpha value is -0.640. The zero-order valence-corrected chi connectivity index (χ0v) is 10.8. The van der Waals surface area contributed by atoms with Crippen molar-refractivity contribution in [2.24, 2.45) is 0 Å². The number of benzene rings is 1. The Morgan fingerprint density at radius 3 is 2.88 bits per heavy atom. The van der Waals surface area contributed by atoms with Gasteiger partial charge in [0.1, 0.15) is 5.82 Å². The van der Waals surface area contributed by atoms with Gasteiger partial charge in [0.05, 0.1) is 5.02 Å². The van der Waals surface area contributed by atoms with Gasteiger partial charge in [0.2, 0.25) is 0 Å². The van der Waals surface area contributed by atoms with Crippen molar-refractivity contribution in [2.75, 3.05) is 20.1 Å². The van der Waals surface area contributed by atoms with E-state index in [4.69, 9.17) is 11.6 Å². The maximum absolute atomic E-state index is 13.0. The largest absolute Gasteiger partial charge is 0.313 e. The molecular weight excluding hydrogens is 239 g/mol. The minimum atomic E-state index is -0.353. The van der Waals surface area contributed by atoms with Crippen LogP contribution in [-0.2, 0) is 6.54 Å². The quantitative estimate of drug-likeness (QED) is 0.842. The smallest absolute Gasteiger partial charge is 0.141 e. The first-order chi connectivity index (χ1) is 8.15. The zero-order valence-electron chi connectivity index (χ0n) is 10.0. The predicted octanol–water partition coefficient (Wildman–Crippen LogP) is 2.66. The molecule has 1 saturated carbocycles. The third-order valence-electron chi connectivity index (χ3n) is 2.94. The van der Waals surface area contributed by atoms with Gasteiger partial charge in [0, 0.05) is 25.7 Å². The summed E-state index contributed by atoms with van der Waals surface area (Å²) in [6, 6.07) is 5.66. The van der Waals surface area contributed by atoms with Crippen molar-refractivity contribution in [2.45, 2.75) is 25.4 Å². The van der Waals surface area contributed by atoms with E-state index in [1.165, 1.54) is 18.9 Å². The van der Waals surface area contributed by atoms with Gasteiger partial charge in [-0.1, -0.05) is 17.7 Å². The number of hydrogen-bond acceptors (Lipinski definition) is 2. The second kappa shape index (κ2) is 5.80. The molecular formula is C13H18ClFN2. The SMILES string of the molecule is CN(CCNC1CC1)Cc1ccc(F)c(Cl)c1. The Kier molecular flexibility index (Phi) is 4.37. The monoisotopic (exact) mass is 256 g/mol. The molecule has 94 valence electrons. The van der Waals surface area contributed by atoms with Gasteiger partial charge in [-0.3, -0.25) is 0 Å². The standard InChI is InChI=1S/C13H18ClFN2/c1-17(7-6-16-11-3-4-11)9-10-2-5-13(15)12(14)8-10/h2,5,8,11,16H,3-4,6-7,9H2,1H3. The van der Waals surface area contributed by atoms with Gasteiger partial charge in [-0.25, -0.2) is 4.39 Å². The lowest BCUT2D eigenvalue weighted by atomic mass is 10.2. The normalized spacial score (nSPS) is 15.5. The van der Waals surface area contributed by atoms with E-state index in [2.05, 4.69) is 17.3 Å². The molecule has 1 aliphatic carbocycles. The van der Waals surface area contributed by atoms with Crippen LogP contribution in [0.4, 0.5) is 4.39 Å². The Morgan fingerprint density at radius 2 is 2.24 bits per heavy atom. The predicted molar refractivity (Wildman–Crippen MR) is 68.8 cm³/mol. The van der Waals surface area contributed by atoms with Crippen molar-refractivity contribution in [3.63, 3.8) is 0 Å². The summed E-state index contributed by atoms with van der Waals surface area (Å²) >= 11 is 5.75. The molecule has 0 atom stereocenters. The molecule has 4 heteroatoms. The molecule has 0 amide bonds. The summed E-state index contributed by atoms with van der Waals surface area (Å²) in [6.07, 6.45) is 2.63. The van der Waals surface area contributed by atoms with Crippen molar-refractivity contribution in [1.82, 2.24) is 10.2 Å².